The van der Waals surface area contributed by atoms with Crippen molar-refractivity contribution < 1.29 is 10.1 Å². The third kappa shape index (κ3) is 2.97. The van der Waals surface area contributed by atoms with Gasteiger partial charge in [0.1, 0.15) is 6.04 Å². The summed E-state index contributed by atoms with van der Waals surface area (Å²) in [7, 11) is 0. The Bertz CT molecular complexity index is 496. The lowest BCUT2D eigenvalue weighted by Gasteiger charge is -2.17. The summed E-state index contributed by atoms with van der Waals surface area (Å²) in [5.74, 6) is -0.285. The predicted molar refractivity (Wildman–Crippen MR) is 73.2 cm³/mol. The van der Waals surface area contributed by atoms with E-state index in [1.807, 2.05) is 41.9 Å². The first kappa shape index (κ1) is 12.8. The van der Waals surface area contributed by atoms with Crippen LogP contribution in [0.15, 0.2) is 47.8 Å². The van der Waals surface area contributed by atoms with Gasteiger partial charge in [0.05, 0.1) is 4.88 Å². The quantitative estimate of drug-likeness (QED) is 0.836. The summed E-state index contributed by atoms with van der Waals surface area (Å²) in [6.45, 7) is 1.84. The number of benzene rings is 1. The second-order valence-corrected chi connectivity index (χ2v) is 5.27. The van der Waals surface area contributed by atoms with Gasteiger partial charge in [-0.1, -0.05) is 36.4 Å². The summed E-state index contributed by atoms with van der Waals surface area (Å²) in [4.78, 5) is 12.5. The molecule has 1 aromatic heterocycles. The number of carbonyl (C=O) groups excluding carboxylic acids is 1. The van der Waals surface area contributed by atoms with Gasteiger partial charge in [0.2, 0.25) is 0 Å². The van der Waals surface area contributed by atoms with Crippen LogP contribution in [-0.4, -0.2) is 11.9 Å². The summed E-state index contributed by atoms with van der Waals surface area (Å²) in [5, 5.41) is 4.07. The topological polar surface area (TPSA) is 59.7 Å². The first-order chi connectivity index (χ1) is 8.68. The number of amides is 1. The fourth-order valence-corrected chi connectivity index (χ4v) is 2.72. The van der Waals surface area contributed by atoms with E-state index in [-0.39, 0.29) is 18.0 Å². The maximum Gasteiger partial charge on any atom is 0.275 e. The lowest BCUT2D eigenvalue weighted by atomic mass is 10.0. The molecule has 2 rings (SSSR count). The third-order valence-electron chi connectivity index (χ3n) is 2.94. The lowest BCUT2D eigenvalue weighted by molar-refractivity contribution is -0.704. The summed E-state index contributed by atoms with van der Waals surface area (Å²) >= 11 is 1.70. The minimum absolute atomic E-state index is 0.133. The molecule has 18 heavy (non-hydrogen) atoms. The van der Waals surface area contributed by atoms with Gasteiger partial charge >= 0.3 is 0 Å². The zero-order chi connectivity index (χ0) is 13.0. The molecule has 1 heterocycles. The summed E-state index contributed by atoms with van der Waals surface area (Å²) < 4.78 is 0. The van der Waals surface area contributed by atoms with E-state index in [9.17, 15) is 4.79 Å². The molecule has 4 N–H and O–H groups in total. The van der Waals surface area contributed by atoms with Gasteiger partial charge in [-0.2, -0.15) is 0 Å². The third-order valence-corrected chi connectivity index (χ3v) is 3.89. The van der Waals surface area contributed by atoms with Crippen LogP contribution in [0.1, 0.15) is 23.4 Å². The predicted octanol–water partition coefficient (Wildman–Crippen LogP) is 1.27. The van der Waals surface area contributed by atoms with E-state index < -0.39 is 0 Å². The van der Waals surface area contributed by atoms with Crippen LogP contribution in [0.2, 0.25) is 0 Å². The SMILES string of the molecule is C[C@H]([NH2+][C@@H](c1ccccc1)c1cccs1)C(N)=O. The van der Waals surface area contributed by atoms with Crippen molar-refractivity contribution in [3.63, 3.8) is 0 Å². The van der Waals surface area contributed by atoms with Crippen molar-refractivity contribution in [3.8, 4) is 0 Å². The largest absolute Gasteiger partial charge is 0.365 e. The smallest absolute Gasteiger partial charge is 0.275 e. The van der Waals surface area contributed by atoms with Crippen molar-refractivity contribution in [2.75, 3.05) is 0 Å². The molecule has 3 nitrogen and oxygen atoms in total. The van der Waals surface area contributed by atoms with E-state index in [2.05, 4.69) is 18.2 Å². The molecule has 0 saturated heterocycles. The Morgan fingerprint density at radius 2 is 1.94 bits per heavy atom. The van der Waals surface area contributed by atoms with Gasteiger partial charge in [-0.15, -0.1) is 11.3 Å². The van der Waals surface area contributed by atoms with Gasteiger partial charge in [-0.3, -0.25) is 4.79 Å². The normalized spacial score (nSPS) is 14.1. The zero-order valence-electron chi connectivity index (χ0n) is 10.2. The summed E-state index contributed by atoms with van der Waals surface area (Å²) in [5.41, 5.74) is 6.54. The van der Waals surface area contributed by atoms with E-state index in [4.69, 9.17) is 5.73 Å². The monoisotopic (exact) mass is 261 g/mol. The van der Waals surface area contributed by atoms with Crippen LogP contribution >= 0.6 is 11.3 Å². The minimum atomic E-state index is -0.285. The second-order valence-electron chi connectivity index (χ2n) is 4.29. The highest BCUT2D eigenvalue weighted by atomic mass is 32.1. The maximum absolute atomic E-state index is 11.2. The molecule has 94 valence electrons. The highest BCUT2D eigenvalue weighted by Gasteiger charge is 2.23. The number of hydrogen-bond acceptors (Lipinski definition) is 2. The van der Waals surface area contributed by atoms with Crippen LogP contribution in [0.25, 0.3) is 0 Å². The lowest BCUT2D eigenvalue weighted by Crippen LogP contribution is -2.92. The van der Waals surface area contributed by atoms with Gasteiger partial charge in [-0.05, 0) is 18.4 Å². The Hall–Kier alpha value is -1.65. The van der Waals surface area contributed by atoms with Gasteiger partial charge < -0.3 is 11.1 Å². The molecule has 2 atom stereocenters. The van der Waals surface area contributed by atoms with Gasteiger partial charge in [0.15, 0.2) is 6.04 Å². The van der Waals surface area contributed by atoms with Crippen LogP contribution in [-0.2, 0) is 4.79 Å². The fourth-order valence-electron chi connectivity index (χ4n) is 1.88. The Kier molecular flexibility index (Phi) is 4.12. The molecule has 0 aliphatic rings. The van der Waals surface area contributed by atoms with Crippen LogP contribution < -0.4 is 11.1 Å². The molecule has 0 saturated carbocycles. The number of primary amides is 1. The summed E-state index contributed by atoms with van der Waals surface area (Å²) in [6.07, 6.45) is 0. The van der Waals surface area contributed by atoms with E-state index >= 15 is 0 Å². The van der Waals surface area contributed by atoms with Crippen LogP contribution in [0, 0.1) is 0 Å². The Balaban J connectivity index is 2.27. The Labute approximate surface area is 111 Å². The number of quaternary nitrogens is 1. The van der Waals surface area contributed by atoms with E-state index in [0.29, 0.717) is 0 Å². The summed E-state index contributed by atoms with van der Waals surface area (Å²) in [6, 6.07) is 14.2. The van der Waals surface area contributed by atoms with Crippen molar-refractivity contribution >= 4 is 17.2 Å². The van der Waals surface area contributed by atoms with Crippen molar-refractivity contribution in [1.82, 2.24) is 0 Å². The molecule has 0 spiro atoms. The molecule has 2 aromatic rings. The number of nitrogens with two attached hydrogens (primary N) is 2. The average Bonchev–Trinajstić information content (AvgIpc) is 2.90. The number of thiophene rings is 1. The second kappa shape index (κ2) is 5.80. The average molecular weight is 261 g/mol. The van der Waals surface area contributed by atoms with Gasteiger partial charge in [0, 0.05) is 5.56 Å². The van der Waals surface area contributed by atoms with E-state index in [1.54, 1.807) is 11.3 Å². The molecular formula is C14H17N2OS+. The molecule has 0 aliphatic carbocycles. The van der Waals surface area contributed by atoms with Crippen LogP contribution in [0.4, 0.5) is 0 Å². The maximum atomic E-state index is 11.2. The van der Waals surface area contributed by atoms with E-state index in [1.165, 1.54) is 10.4 Å². The molecular weight excluding hydrogens is 244 g/mol. The molecule has 1 amide bonds. The number of carbonyl (C=O) groups is 1. The molecule has 4 heteroatoms. The standard InChI is InChI=1S/C14H16N2OS/c1-10(14(15)17)16-13(12-8-5-9-18-12)11-6-3-2-4-7-11/h2-10,13,16H,1H3,(H2,15,17)/p+1/t10-,13-/m0/s1. The molecule has 0 radical (unpaired) electrons. The van der Waals surface area contributed by atoms with Gasteiger partial charge in [-0.25, -0.2) is 0 Å². The van der Waals surface area contributed by atoms with Crippen molar-refractivity contribution in [1.29, 1.82) is 0 Å². The van der Waals surface area contributed by atoms with Gasteiger partial charge in [0.25, 0.3) is 5.91 Å². The molecule has 0 fully saturated rings. The molecule has 0 aliphatic heterocycles. The fraction of sp³-hybridized carbons (Fsp3) is 0.214. The van der Waals surface area contributed by atoms with Crippen LogP contribution in [0.3, 0.4) is 0 Å². The molecule has 0 bridgehead atoms. The molecule has 0 unspecified atom stereocenters. The van der Waals surface area contributed by atoms with Crippen molar-refractivity contribution in [2.24, 2.45) is 5.73 Å². The number of hydrogen-bond donors (Lipinski definition) is 2. The highest BCUT2D eigenvalue weighted by molar-refractivity contribution is 7.10. The first-order valence-electron chi connectivity index (χ1n) is 5.91. The van der Waals surface area contributed by atoms with Crippen molar-refractivity contribution in [2.45, 2.75) is 19.0 Å². The van der Waals surface area contributed by atoms with E-state index in [0.717, 1.165) is 0 Å². The van der Waals surface area contributed by atoms with Crippen molar-refractivity contribution in [3.05, 3.63) is 58.3 Å². The first-order valence-corrected chi connectivity index (χ1v) is 6.79. The number of rotatable bonds is 5. The highest BCUT2D eigenvalue weighted by Crippen LogP contribution is 2.22. The zero-order valence-corrected chi connectivity index (χ0v) is 11.1. The van der Waals surface area contributed by atoms with Crippen LogP contribution in [0.5, 0.6) is 0 Å². The minimum Gasteiger partial charge on any atom is -0.365 e. The Morgan fingerprint density at radius 3 is 2.50 bits per heavy atom. The Morgan fingerprint density at radius 1 is 1.22 bits per heavy atom. The molecule has 1 aromatic carbocycles.